The van der Waals surface area contributed by atoms with Crippen LogP contribution >= 0.6 is 0 Å². The number of hydrogen-bond donors (Lipinski definition) is 1. The quantitative estimate of drug-likeness (QED) is 0.666. The molecule has 0 aliphatic rings. The Labute approximate surface area is 103 Å². The van der Waals surface area contributed by atoms with Crippen LogP contribution in [0.1, 0.15) is 24.9 Å². The molecule has 0 saturated carbocycles. The summed E-state index contributed by atoms with van der Waals surface area (Å²) in [5.74, 6) is 0. The summed E-state index contributed by atoms with van der Waals surface area (Å²) in [4.78, 5) is 4.11. The van der Waals surface area contributed by atoms with E-state index in [4.69, 9.17) is 9.47 Å². The second kappa shape index (κ2) is 9.10. The molecule has 17 heavy (non-hydrogen) atoms. The summed E-state index contributed by atoms with van der Waals surface area (Å²) < 4.78 is 10.3. The third-order valence-corrected chi connectivity index (χ3v) is 2.53. The number of pyridine rings is 1. The highest BCUT2D eigenvalue weighted by atomic mass is 16.5. The van der Waals surface area contributed by atoms with E-state index in [1.54, 1.807) is 13.3 Å². The highest BCUT2D eigenvalue weighted by Gasteiger charge is 2.02. The van der Waals surface area contributed by atoms with Crippen LogP contribution in [0.4, 0.5) is 0 Å². The zero-order chi connectivity index (χ0) is 12.3. The SMILES string of the molecule is COCCOCCCN[C@@H](C)c1cccnc1. The molecule has 1 rings (SSSR count). The van der Waals surface area contributed by atoms with E-state index in [1.165, 1.54) is 5.56 Å². The maximum Gasteiger partial charge on any atom is 0.0700 e. The van der Waals surface area contributed by atoms with E-state index < -0.39 is 0 Å². The smallest absolute Gasteiger partial charge is 0.0700 e. The van der Waals surface area contributed by atoms with Gasteiger partial charge in [-0.3, -0.25) is 4.98 Å². The molecule has 0 saturated heterocycles. The monoisotopic (exact) mass is 238 g/mol. The summed E-state index contributed by atoms with van der Waals surface area (Å²) in [5, 5.41) is 3.44. The average molecular weight is 238 g/mol. The lowest BCUT2D eigenvalue weighted by Crippen LogP contribution is -2.21. The third kappa shape index (κ3) is 6.36. The molecular weight excluding hydrogens is 216 g/mol. The molecule has 0 aliphatic heterocycles. The van der Waals surface area contributed by atoms with Crippen molar-refractivity contribution in [3.05, 3.63) is 30.1 Å². The Morgan fingerprint density at radius 3 is 2.94 bits per heavy atom. The van der Waals surface area contributed by atoms with E-state index in [2.05, 4.69) is 23.3 Å². The van der Waals surface area contributed by atoms with Crippen LogP contribution in [-0.2, 0) is 9.47 Å². The fourth-order valence-corrected chi connectivity index (χ4v) is 1.49. The lowest BCUT2D eigenvalue weighted by atomic mass is 10.1. The number of methoxy groups -OCH3 is 1. The van der Waals surface area contributed by atoms with E-state index in [0.717, 1.165) is 19.6 Å². The van der Waals surface area contributed by atoms with Crippen LogP contribution in [0.5, 0.6) is 0 Å². The predicted octanol–water partition coefficient (Wildman–Crippen LogP) is 1.79. The van der Waals surface area contributed by atoms with Crippen molar-refractivity contribution < 1.29 is 9.47 Å². The lowest BCUT2D eigenvalue weighted by Gasteiger charge is -2.13. The minimum Gasteiger partial charge on any atom is -0.382 e. The lowest BCUT2D eigenvalue weighted by molar-refractivity contribution is 0.0693. The van der Waals surface area contributed by atoms with Crippen LogP contribution in [0.3, 0.4) is 0 Å². The Hall–Kier alpha value is -0.970. The highest BCUT2D eigenvalue weighted by molar-refractivity contribution is 5.12. The Bertz CT molecular complexity index is 280. The van der Waals surface area contributed by atoms with Gasteiger partial charge in [-0.15, -0.1) is 0 Å². The van der Waals surface area contributed by atoms with Crippen molar-refractivity contribution in [1.82, 2.24) is 10.3 Å². The summed E-state index contributed by atoms with van der Waals surface area (Å²) in [7, 11) is 1.68. The van der Waals surface area contributed by atoms with Crippen molar-refractivity contribution in [2.24, 2.45) is 0 Å². The Balaban J connectivity index is 2.03. The minimum atomic E-state index is 0.336. The second-order valence-electron chi connectivity index (χ2n) is 3.92. The van der Waals surface area contributed by atoms with Crippen LogP contribution in [0.2, 0.25) is 0 Å². The van der Waals surface area contributed by atoms with Gasteiger partial charge in [0.2, 0.25) is 0 Å². The van der Waals surface area contributed by atoms with Gasteiger partial charge >= 0.3 is 0 Å². The van der Waals surface area contributed by atoms with Gasteiger partial charge in [-0.1, -0.05) is 6.07 Å². The van der Waals surface area contributed by atoms with Gasteiger partial charge in [-0.2, -0.15) is 0 Å². The number of hydrogen-bond acceptors (Lipinski definition) is 4. The van der Waals surface area contributed by atoms with E-state index in [9.17, 15) is 0 Å². The fraction of sp³-hybridized carbons (Fsp3) is 0.615. The molecule has 0 bridgehead atoms. The zero-order valence-electron chi connectivity index (χ0n) is 10.7. The molecule has 0 aliphatic carbocycles. The molecule has 1 aromatic rings. The van der Waals surface area contributed by atoms with Crippen molar-refractivity contribution in [2.75, 3.05) is 33.5 Å². The van der Waals surface area contributed by atoms with Crippen molar-refractivity contribution in [1.29, 1.82) is 0 Å². The Morgan fingerprint density at radius 2 is 2.24 bits per heavy atom. The van der Waals surface area contributed by atoms with E-state index in [1.807, 2.05) is 12.3 Å². The van der Waals surface area contributed by atoms with E-state index in [0.29, 0.717) is 19.3 Å². The number of rotatable bonds is 9. The van der Waals surface area contributed by atoms with Crippen LogP contribution in [-0.4, -0.2) is 38.5 Å². The van der Waals surface area contributed by atoms with Gasteiger partial charge in [-0.25, -0.2) is 0 Å². The standard InChI is InChI=1S/C13H22N2O2/c1-12(13-5-3-6-14-11-13)15-7-4-8-17-10-9-16-2/h3,5-6,11-12,15H,4,7-10H2,1-2H3/t12-/m0/s1. The van der Waals surface area contributed by atoms with Gasteiger partial charge < -0.3 is 14.8 Å². The first-order valence-electron chi connectivity index (χ1n) is 6.04. The van der Waals surface area contributed by atoms with Crippen molar-refractivity contribution >= 4 is 0 Å². The molecule has 0 fully saturated rings. The first-order valence-corrected chi connectivity index (χ1v) is 6.04. The maximum atomic E-state index is 5.38. The van der Waals surface area contributed by atoms with Crippen LogP contribution < -0.4 is 5.32 Å². The van der Waals surface area contributed by atoms with Gasteiger partial charge in [0, 0.05) is 32.2 Å². The summed E-state index contributed by atoms with van der Waals surface area (Å²) in [6.07, 6.45) is 4.70. The zero-order valence-corrected chi connectivity index (χ0v) is 10.7. The molecule has 4 heteroatoms. The molecule has 1 heterocycles. The van der Waals surface area contributed by atoms with Gasteiger partial charge in [0.1, 0.15) is 0 Å². The van der Waals surface area contributed by atoms with Gasteiger partial charge in [-0.05, 0) is 31.5 Å². The fourth-order valence-electron chi connectivity index (χ4n) is 1.49. The predicted molar refractivity (Wildman–Crippen MR) is 68.0 cm³/mol. The van der Waals surface area contributed by atoms with E-state index >= 15 is 0 Å². The maximum absolute atomic E-state index is 5.38. The third-order valence-electron chi connectivity index (χ3n) is 2.53. The molecule has 1 aromatic heterocycles. The first-order chi connectivity index (χ1) is 8.34. The summed E-state index contributed by atoms with van der Waals surface area (Å²) >= 11 is 0. The highest BCUT2D eigenvalue weighted by Crippen LogP contribution is 2.09. The van der Waals surface area contributed by atoms with Gasteiger partial charge in [0.15, 0.2) is 0 Å². The number of aromatic nitrogens is 1. The van der Waals surface area contributed by atoms with Crippen LogP contribution in [0.25, 0.3) is 0 Å². The molecule has 4 nitrogen and oxygen atoms in total. The number of ether oxygens (including phenoxy) is 2. The summed E-state index contributed by atoms with van der Waals surface area (Å²) in [6, 6.07) is 4.38. The molecule has 1 atom stereocenters. The molecule has 0 unspecified atom stereocenters. The van der Waals surface area contributed by atoms with Gasteiger partial charge in [0.25, 0.3) is 0 Å². The van der Waals surface area contributed by atoms with Crippen LogP contribution in [0.15, 0.2) is 24.5 Å². The largest absolute Gasteiger partial charge is 0.382 e. The number of nitrogens with zero attached hydrogens (tertiary/aromatic N) is 1. The van der Waals surface area contributed by atoms with Crippen molar-refractivity contribution in [2.45, 2.75) is 19.4 Å². The topological polar surface area (TPSA) is 43.4 Å². The number of nitrogens with one attached hydrogen (secondary N) is 1. The molecule has 96 valence electrons. The molecular formula is C13H22N2O2. The van der Waals surface area contributed by atoms with Gasteiger partial charge in [0.05, 0.1) is 13.2 Å². The normalized spacial score (nSPS) is 12.6. The van der Waals surface area contributed by atoms with Crippen molar-refractivity contribution in [3.8, 4) is 0 Å². The second-order valence-corrected chi connectivity index (χ2v) is 3.92. The minimum absolute atomic E-state index is 0.336. The van der Waals surface area contributed by atoms with E-state index in [-0.39, 0.29) is 0 Å². The molecule has 0 spiro atoms. The average Bonchev–Trinajstić information content (AvgIpc) is 2.38. The molecule has 0 amide bonds. The Morgan fingerprint density at radius 1 is 1.35 bits per heavy atom. The molecule has 0 radical (unpaired) electrons. The summed E-state index contributed by atoms with van der Waals surface area (Å²) in [6.45, 7) is 5.20. The first kappa shape index (κ1) is 14.1. The summed E-state index contributed by atoms with van der Waals surface area (Å²) in [5.41, 5.74) is 1.22. The van der Waals surface area contributed by atoms with Crippen molar-refractivity contribution in [3.63, 3.8) is 0 Å². The van der Waals surface area contributed by atoms with Crippen LogP contribution in [0, 0.1) is 0 Å². The molecule has 0 aromatic carbocycles. The molecule has 1 N–H and O–H groups in total. The Kier molecular flexibility index (Phi) is 7.54.